The maximum absolute atomic E-state index is 10.8. The highest BCUT2D eigenvalue weighted by Gasteiger charge is 2.20. The highest BCUT2D eigenvalue weighted by Crippen LogP contribution is 2.34. The summed E-state index contributed by atoms with van der Waals surface area (Å²) in [6.45, 7) is 0. The monoisotopic (exact) mass is 245 g/mol. The number of benzene rings is 1. The van der Waals surface area contributed by atoms with E-state index in [0.29, 0.717) is 16.7 Å². The maximum Gasteiger partial charge on any atom is 0.305 e. The summed E-state index contributed by atoms with van der Waals surface area (Å²) in [5.74, 6) is -0.942. The van der Waals surface area contributed by atoms with Gasteiger partial charge in [0.15, 0.2) is 0 Å². The fourth-order valence-electron chi connectivity index (χ4n) is 2.23. The molecule has 0 saturated carbocycles. The Bertz CT molecular complexity index is 676. The molecular weight excluding hydrogens is 234 g/mol. The Balaban J connectivity index is 2.29. The largest absolute Gasteiger partial charge is 0.481 e. The second-order valence-corrected chi connectivity index (χ2v) is 4.17. The lowest BCUT2D eigenvalue weighted by molar-refractivity contribution is -0.137. The Labute approximate surface area is 102 Å². The number of carbonyl (C=O) groups is 1. The summed E-state index contributed by atoms with van der Waals surface area (Å²) >= 11 is 0. The predicted octanol–water partition coefficient (Wildman–Crippen LogP) is 2.65. The van der Waals surface area contributed by atoms with Gasteiger partial charge >= 0.3 is 5.97 Å². The Morgan fingerprint density at radius 1 is 1.33 bits per heavy atom. The van der Waals surface area contributed by atoms with Crippen LogP contribution in [0.3, 0.4) is 0 Å². The predicted molar refractivity (Wildman–Crippen MR) is 65.2 cm³/mol. The molecule has 0 aliphatic heterocycles. The summed E-state index contributed by atoms with van der Waals surface area (Å²) in [5.41, 5.74) is 7.95. The van der Waals surface area contributed by atoms with Crippen molar-refractivity contribution in [1.29, 1.82) is 0 Å². The fourth-order valence-corrected chi connectivity index (χ4v) is 2.23. The molecule has 3 N–H and O–H groups in total. The van der Waals surface area contributed by atoms with Crippen molar-refractivity contribution in [3.8, 4) is 0 Å². The van der Waals surface area contributed by atoms with Crippen LogP contribution in [-0.2, 0) is 4.79 Å². The van der Waals surface area contributed by atoms with E-state index in [1.165, 1.54) is 0 Å². The van der Waals surface area contributed by atoms with Crippen molar-refractivity contribution in [2.45, 2.75) is 12.5 Å². The van der Waals surface area contributed by atoms with Gasteiger partial charge in [0.25, 0.3) is 0 Å². The van der Waals surface area contributed by atoms with E-state index in [4.69, 9.17) is 19.7 Å². The van der Waals surface area contributed by atoms with Gasteiger partial charge < -0.3 is 19.7 Å². The van der Waals surface area contributed by atoms with Crippen LogP contribution in [0.25, 0.3) is 21.9 Å². The van der Waals surface area contributed by atoms with E-state index >= 15 is 0 Å². The van der Waals surface area contributed by atoms with Gasteiger partial charge in [-0.2, -0.15) is 0 Å². The molecule has 2 aromatic heterocycles. The molecule has 5 heteroatoms. The molecule has 0 radical (unpaired) electrons. The van der Waals surface area contributed by atoms with Crippen LogP contribution in [0.4, 0.5) is 0 Å². The lowest BCUT2D eigenvalue weighted by atomic mass is 9.98. The van der Waals surface area contributed by atoms with E-state index in [9.17, 15) is 4.79 Å². The van der Waals surface area contributed by atoms with Gasteiger partial charge in [0, 0.05) is 22.4 Å². The zero-order valence-electron chi connectivity index (χ0n) is 9.42. The van der Waals surface area contributed by atoms with E-state index in [0.717, 1.165) is 10.8 Å². The molecule has 0 aliphatic carbocycles. The van der Waals surface area contributed by atoms with Crippen LogP contribution >= 0.6 is 0 Å². The number of rotatable bonds is 3. The normalized spacial score (nSPS) is 13.2. The minimum Gasteiger partial charge on any atom is -0.481 e. The molecule has 5 nitrogen and oxygen atoms in total. The molecule has 0 spiro atoms. The number of aliphatic carboxylic acids is 1. The van der Waals surface area contributed by atoms with Crippen LogP contribution in [0, 0.1) is 0 Å². The molecule has 1 unspecified atom stereocenters. The van der Waals surface area contributed by atoms with E-state index in [1.54, 1.807) is 24.7 Å². The van der Waals surface area contributed by atoms with Gasteiger partial charge in [0.05, 0.1) is 18.9 Å². The quantitative estimate of drug-likeness (QED) is 0.740. The number of carboxylic acid groups (broad SMARTS) is 1. The summed E-state index contributed by atoms with van der Waals surface area (Å²) < 4.78 is 10.8. The number of hydrogen-bond acceptors (Lipinski definition) is 4. The zero-order chi connectivity index (χ0) is 12.7. The molecule has 18 heavy (non-hydrogen) atoms. The lowest BCUT2D eigenvalue weighted by Crippen LogP contribution is -2.15. The topological polar surface area (TPSA) is 89.6 Å². The molecule has 1 atom stereocenters. The number of hydrogen-bond donors (Lipinski definition) is 2. The molecule has 3 aromatic rings. The molecular formula is C13H11NO4. The summed E-state index contributed by atoms with van der Waals surface area (Å²) in [7, 11) is 0. The number of fused-ring (bicyclic) bond motifs is 2. The van der Waals surface area contributed by atoms with Crippen molar-refractivity contribution in [2.24, 2.45) is 5.73 Å². The number of carboxylic acids is 1. The molecule has 3 rings (SSSR count). The first kappa shape index (κ1) is 10.9. The number of furan rings is 2. The van der Waals surface area contributed by atoms with Crippen LogP contribution in [0.5, 0.6) is 0 Å². The van der Waals surface area contributed by atoms with Gasteiger partial charge in [-0.05, 0) is 18.2 Å². The first-order valence-corrected chi connectivity index (χ1v) is 5.51. The third-order valence-corrected chi connectivity index (χ3v) is 2.98. The summed E-state index contributed by atoms with van der Waals surface area (Å²) in [6, 6.07) is 4.80. The van der Waals surface area contributed by atoms with Gasteiger partial charge in [-0.3, -0.25) is 4.79 Å². The van der Waals surface area contributed by atoms with Crippen molar-refractivity contribution in [3.05, 3.63) is 36.3 Å². The summed E-state index contributed by atoms with van der Waals surface area (Å²) in [5, 5.41) is 10.5. The second-order valence-electron chi connectivity index (χ2n) is 4.17. The van der Waals surface area contributed by atoms with Crippen molar-refractivity contribution in [2.75, 3.05) is 0 Å². The van der Waals surface area contributed by atoms with Gasteiger partial charge in [-0.1, -0.05) is 0 Å². The number of nitrogens with two attached hydrogens (primary N) is 1. The van der Waals surface area contributed by atoms with Crippen LogP contribution in [0.2, 0.25) is 0 Å². The van der Waals surface area contributed by atoms with E-state index in [1.807, 2.05) is 6.07 Å². The Morgan fingerprint density at radius 3 is 2.89 bits per heavy atom. The second kappa shape index (κ2) is 3.89. The zero-order valence-corrected chi connectivity index (χ0v) is 9.42. The van der Waals surface area contributed by atoms with Crippen LogP contribution in [-0.4, -0.2) is 11.1 Å². The maximum atomic E-state index is 10.8. The standard InChI is InChI=1S/C13H11NO4/c14-9(6-11(15)16)12-8-2-4-17-10(8)5-7-1-3-18-13(7)12/h1-5,9H,6,14H2,(H,15,16). The van der Waals surface area contributed by atoms with Crippen LogP contribution in [0.15, 0.2) is 39.6 Å². The average molecular weight is 245 g/mol. The van der Waals surface area contributed by atoms with Crippen LogP contribution in [0.1, 0.15) is 18.0 Å². The molecule has 0 fully saturated rings. The van der Waals surface area contributed by atoms with E-state index < -0.39 is 12.0 Å². The molecule has 92 valence electrons. The highest BCUT2D eigenvalue weighted by molar-refractivity contribution is 5.98. The molecule has 0 amide bonds. The molecule has 0 bridgehead atoms. The van der Waals surface area contributed by atoms with Crippen molar-refractivity contribution in [3.63, 3.8) is 0 Å². The third kappa shape index (κ3) is 1.56. The van der Waals surface area contributed by atoms with Gasteiger partial charge in [-0.25, -0.2) is 0 Å². The molecule has 0 aliphatic rings. The summed E-state index contributed by atoms with van der Waals surface area (Å²) in [4.78, 5) is 10.8. The molecule has 2 heterocycles. The Hall–Kier alpha value is -2.27. The van der Waals surface area contributed by atoms with Crippen molar-refractivity contribution in [1.82, 2.24) is 0 Å². The van der Waals surface area contributed by atoms with Gasteiger partial charge in [-0.15, -0.1) is 0 Å². The smallest absolute Gasteiger partial charge is 0.305 e. The fraction of sp³-hybridized carbons (Fsp3) is 0.154. The van der Waals surface area contributed by atoms with E-state index in [-0.39, 0.29) is 6.42 Å². The minimum absolute atomic E-state index is 0.153. The van der Waals surface area contributed by atoms with E-state index in [2.05, 4.69) is 0 Å². The Kier molecular flexibility index (Phi) is 2.34. The van der Waals surface area contributed by atoms with Crippen molar-refractivity contribution < 1.29 is 18.7 Å². The summed E-state index contributed by atoms with van der Waals surface area (Å²) in [6.07, 6.45) is 2.96. The lowest BCUT2D eigenvalue weighted by Gasteiger charge is -2.11. The van der Waals surface area contributed by atoms with Crippen molar-refractivity contribution >= 4 is 27.9 Å². The third-order valence-electron chi connectivity index (χ3n) is 2.98. The molecule has 1 aromatic carbocycles. The SMILES string of the molecule is NC(CC(=O)O)c1c2ccoc2cc2ccoc12. The molecule has 0 saturated heterocycles. The highest BCUT2D eigenvalue weighted by atomic mass is 16.4. The van der Waals surface area contributed by atoms with Gasteiger partial charge in [0.1, 0.15) is 11.2 Å². The van der Waals surface area contributed by atoms with Crippen LogP contribution < -0.4 is 5.73 Å². The first-order valence-electron chi connectivity index (χ1n) is 5.51. The Morgan fingerprint density at radius 2 is 2.11 bits per heavy atom. The minimum atomic E-state index is -0.942. The van der Waals surface area contributed by atoms with Gasteiger partial charge in [0.2, 0.25) is 0 Å². The average Bonchev–Trinajstić information content (AvgIpc) is 2.91. The first-order chi connectivity index (χ1) is 8.66.